The highest BCUT2D eigenvalue weighted by Gasteiger charge is 2.29. The summed E-state index contributed by atoms with van der Waals surface area (Å²) in [6, 6.07) is 10.2. The lowest BCUT2D eigenvalue weighted by Gasteiger charge is -2.17. The second-order valence-electron chi connectivity index (χ2n) is 6.55. The highest BCUT2D eigenvalue weighted by Crippen LogP contribution is 2.17. The first-order valence-electron chi connectivity index (χ1n) is 8.13. The quantitative estimate of drug-likeness (QED) is 0.840. The van der Waals surface area contributed by atoms with Gasteiger partial charge in [-0.25, -0.2) is 0 Å². The van der Waals surface area contributed by atoms with Crippen LogP contribution in [0.2, 0.25) is 0 Å². The number of nitrogens with one attached hydrogen (secondary N) is 1. The molecular weight excluding hydrogens is 276 g/mol. The molecule has 1 unspecified atom stereocenters. The molecule has 1 aromatic rings. The lowest BCUT2D eigenvalue weighted by molar-refractivity contribution is -0.127. The van der Waals surface area contributed by atoms with Crippen molar-refractivity contribution in [2.24, 2.45) is 11.8 Å². The summed E-state index contributed by atoms with van der Waals surface area (Å²) in [4.78, 5) is 25.6. The van der Waals surface area contributed by atoms with E-state index in [0.29, 0.717) is 25.3 Å². The number of likely N-dealkylation sites (tertiary alicyclic amines) is 1. The summed E-state index contributed by atoms with van der Waals surface area (Å²) in [7, 11) is 0. The molecule has 22 heavy (non-hydrogen) atoms. The number of benzene rings is 1. The Morgan fingerprint density at radius 2 is 2.05 bits per heavy atom. The SMILES string of the molecule is CC(C)CC(=O)NCC1CC(=O)N(CCc2ccccc2)C1. The van der Waals surface area contributed by atoms with Gasteiger partial charge in [-0.1, -0.05) is 44.2 Å². The Morgan fingerprint density at radius 3 is 2.73 bits per heavy atom. The number of nitrogens with zero attached hydrogens (tertiary/aromatic N) is 1. The molecule has 120 valence electrons. The fourth-order valence-electron chi connectivity index (χ4n) is 2.82. The van der Waals surface area contributed by atoms with Crippen molar-refractivity contribution in [3.05, 3.63) is 35.9 Å². The predicted octanol–water partition coefficient (Wildman–Crippen LogP) is 2.24. The van der Waals surface area contributed by atoms with Gasteiger partial charge in [-0.05, 0) is 17.9 Å². The van der Waals surface area contributed by atoms with Gasteiger partial charge in [0.05, 0.1) is 0 Å². The fourth-order valence-corrected chi connectivity index (χ4v) is 2.82. The van der Waals surface area contributed by atoms with Crippen LogP contribution >= 0.6 is 0 Å². The lowest BCUT2D eigenvalue weighted by Crippen LogP contribution is -2.32. The third kappa shape index (κ3) is 5.17. The van der Waals surface area contributed by atoms with E-state index in [1.165, 1.54) is 5.56 Å². The van der Waals surface area contributed by atoms with Gasteiger partial charge in [-0.15, -0.1) is 0 Å². The summed E-state index contributed by atoms with van der Waals surface area (Å²) in [5.41, 5.74) is 1.25. The van der Waals surface area contributed by atoms with Crippen LogP contribution in [0.25, 0.3) is 0 Å². The summed E-state index contributed by atoms with van der Waals surface area (Å²) in [6.45, 7) is 6.19. The third-order valence-corrected chi connectivity index (χ3v) is 3.99. The summed E-state index contributed by atoms with van der Waals surface area (Å²) in [5, 5.41) is 2.95. The van der Waals surface area contributed by atoms with E-state index in [-0.39, 0.29) is 17.7 Å². The van der Waals surface area contributed by atoms with Gasteiger partial charge in [0.1, 0.15) is 0 Å². The minimum atomic E-state index is 0.0881. The average Bonchev–Trinajstić information content (AvgIpc) is 2.84. The van der Waals surface area contributed by atoms with Gasteiger partial charge in [-0.2, -0.15) is 0 Å². The van der Waals surface area contributed by atoms with Crippen molar-refractivity contribution in [1.29, 1.82) is 0 Å². The number of hydrogen-bond donors (Lipinski definition) is 1. The van der Waals surface area contributed by atoms with Crippen LogP contribution in [0.15, 0.2) is 30.3 Å². The van der Waals surface area contributed by atoms with E-state index in [0.717, 1.165) is 19.5 Å². The topological polar surface area (TPSA) is 49.4 Å². The molecule has 0 aromatic heterocycles. The first-order valence-corrected chi connectivity index (χ1v) is 8.13. The highest BCUT2D eigenvalue weighted by molar-refractivity contribution is 5.79. The van der Waals surface area contributed by atoms with Crippen LogP contribution in [0.5, 0.6) is 0 Å². The van der Waals surface area contributed by atoms with Crippen molar-refractivity contribution in [1.82, 2.24) is 10.2 Å². The van der Waals surface area contributed by atoms with E-state index in [4.69, 9.17) is 0 Å². The predicted molar refractivity (Wildman–Crippen MR) is 87.3 cm³/mol. The van der Waals surface area contributed by atoms with Crippen molar-refractivity contribution < 1.29 is 9.59 Å². The Bertz CT molecular complexity index is 499. The molecule has 2 amide bonds. The van der Waals surface area contributed by atoms with Gasteiger partial charge >= 0.3 is 0 Å². The molecule has 1 aliphatic heterocycles. The molecule has 0 radical (unpaired) electrons. The molecule has 1 aromatic carbocycles. The van der Waals surface area contributed by atoms with Crippen molar-refractivity contribution >= 4 is 11.8 Å². The van der Waals surface area contributed by atoms with Gasteiger partial charge in [0.15, 0.2) is 0 Å². The van der Waals surface area contributed by atoms with E-state index < -0.39 is 0 Å². The summed E-state index contributed by atoms with van der Waals surface area (Å²) >= 11 is 0. The van der Waals surface area contributed by atoms with Gasteiger partial charge in [0.25, 0.3) is 0 Å². The molecule has 1 N–H and O–H groups in total. The number of carbonyl (C=O) groups is 2. The normalized spacial score (nSPS) is 18.0. The summed E-state index contributed by atoms with van der Waals surface area (Å²) < 4.78 is 0. The monoisotopic (exact) mass is 302 g/mol. The molecule has 1 saturated heterocycles. The molecule has 1 atom stereocenters. The van der Waals surface area contributed by atoms with Gasteiger partial charge < -0.3 is 10.2 Å². The Hall–Kier alpha value is -1.84. The second kappa shape index (κ2) is 7.97. The molecule has 0 spiro atoms. The van der Waals surface area contributed by atoms with Gasteiger partial charge in [-0.3, -0.25) is 9.59 Å². The van der Waals surface area contributed by atoms with Crippen LogP contribution in [0.4, 0.5) is 0 Å². The van der Waals surface area contributed by atoms with Crippen molar-refractivity contribution in [2.45, 2.75) is 33.1 Å². The Labute approximate surface area is 132 Å². The Kier molecular flexibility index (Phi) is 5.99. The second-order valence-corrected chi connectivity index (χ2v) is 6.55. The van der Waals surface area contributed by atoms with E-state index in [2.05, 4.69) is 17.4 Å². The van der Waals surface area contributed by atoms with Crippen LogP contribution < -0.4 is 5.32 Å². The molecule has 1 heterocycles. The highest BCUT2D eigenvalue weighted by atomic mass is 16.2. The zero-order valence-electron chi connectivity index (χ0n) is 13.5. The number of carbonyl (C=O) groups excluding carboxylic acids is 2. The molecular formula is C18H26N2O2. The van der Waals surface area contributed by atoms with Gasteiger partial charge in [0, 0.05) is 38.4 Å². The molecule has 4 nitrogen and oxygen atoms in total. The molecule has 0 bridgehead atoms. The van der Waals surface area contributed by atoms with Crippen LogP contribution in [-0.2, 0) is 16.0 Å². The Balaban J connectivity index is 1.72. The van der Waals surface area contributed by atoms with E-state index in [9.17, 15) is 9.59 Å². The van der Waals surface area contributed by atoms with Crippen LogP contribution in [0.1, 0.15) is 32.3 Å². The molecule has 1 aliphatic rings. The third-order valence-electron chi connectivity index (χ3n) is 3.99. The molecule has 2 rings (SSSR count). The van der Waals surface area contributed by atoms with Crippen LogP contribution in [0, 0.1) is 11.8 Å². The maximum absolute atomic E-state index is 12.0. The average molecular weight is 302 g/mol. The molecule has 4 heteroatoms. The van der Waals surface area contributed by atoms with Crippen molar-refractivity contribution in [3.8, 4) is 0 Å². The molecule has 1 fully saturated rings. The molecule has 0 aliphatic carbocycles. The number of amides is 2. The number of rotatable bonds is 7. The van der Waals surface area contributed by atoms with Crippen LogP contribution in [0.3, 0.4) is 0 Å². The van der Waals surface area contributed by atoms with E-state index in [1.54, 1.807) is 0 Å². The minimum absolute atomic E-state index is 0.0881. The van der Waals surface area contributed by atoms with Crippen LogP contribution in [-0.4, -0.2) is 36.3 Å². The lowest BCUT2D eigenvalue weighted by atomic mass is 10.1. The van der Waals surface area contributed by atoms with Gasteiger partial charge in [0.2, 0.25) is 11.8 Å². The zero-order chi connectivity index (χ0) is 15.9. The maximum Gasteiger partial charge on any atom is 0.223 e. The largest absolute Gasteiger partial charge is 0.356 e. The minimum Gasteiger partial charge on any atom is -0.356 e. The molecule has 0 saturated carbocycles. The Morgan fingerprint density at radius 1 is 1.32 bits per heavy atom. The fraction of sp³-hybridized carbons (Fsp3) is 0.556. The maximum atomic E-state index is 12.0. The van der Waals surface area contributed by atoms with Crippen molar-refractivity contribution in [3.63, 3.8) is 0 Å². The smallest absolute Gasteiger partial charge is 0.223 e. The zero-order valence-corrected chi connectivity index (χ0v) is 13.5. The first kappa shape index (κ1) is 16.5. The number of hydrogen-bond acceptors (Lipinski definition) is 2. The standard InChI is InChI=1S/C18H26N2O2/c1-14(2)10-17(21)19-12-16-11-18(22)20(13-16)9-8-15-6-4-3-5-7-15/h3-7,14,16H,8-13H2,1-2H3,(H,19,21). The summed E-state index contributed by atoms with van der Waals surface area (Å²) in [5.74, 6) is 0.913. The van der Waals surface area contributed by atoms with E-state index in [1.807, 2.05) is 36.9 Å². The van der Waals surface area contributed by atoms with E-state index >= 15 is 0 Å². The summed E-state index contributed by atoms with van der Waals surface area (Å²) in [6.07, 6.45) is 1.99. The van der Waals surface area contributed by atoms with Crippen molar-refractivity contribution in [2.75, 3.05) is 19.6 Å². The first-order chi connectivity index (χ1) is 10.5.